The summed E-state index contributed by atoms with van der Waals surface area (Å²) in [5.74, 6) is 0.110. The van der Waals surface area contributed by atoms with Gasteiger partial charge in [0.25, 0.3) is 0 Å². The van der Waals surface area contributed by atoms with Gasteiger partial charge in [0, 0.05) is 18.8 Å². The van der Waals surface area contributed by atoms with Gasteiger partial charge in [0.1, 0.15) is 6.61 Å². The van der Waals surface area contributed by atoms with Crippen molar-refractivity contribution in [1.29, 1.82) is 0 Å². The minimum atomic E-state index is 0.110. The number of hydrogen-bond acceptors (Lipinski definition) is 3. The first-order chi connectivity index (χ1) is 7.71. The second-order valence-electron chi connectivity index (χ2n) is 3.65. The van der Waals surface area contributed by atoms with E-state index in [1.54, 1.807) is 0 Å². The maximum absolute atomic E-state index is 11.6. The third kappa shape index (κ3) is 3.45. The lowest BCUT2D eigenvalue weighted by atomic mass is 10.2. The largest absolute Gasteiger partial charge is 0.374 e. The summed E-state index contributed by atoms with van der Waals surface area (Å²) in [5.41, 5.74) is 2.03. The molecule has 0 aromatic carbocycles. The Kier molecular flexibility index (Phi) is 5.19. The molecule has 1 heterocycles. The molecule has 1 aromatic heterocycles. The molecule has 1 aromatic rings. The first-order valence-corrected chi connectivity index (χ1v) is 5.86. The zero-order chi connectivity index (χ0) is 12.0. The number of aromatic nitrogens is 2. The summed E-state index contributed by atoms with van der Waals surface area (Å²) in [5, 5.41) is 4.40. The van der Waals surface area contributed by atoms with Crippen molar-refractivity contribution in [2.75, 3.05) is 13.2 Å². The van der Waals surface area contributed by atoms with Gasteiger partial charge in [-0.15, -0.1) is 0 Å². The van der Waals surface area contributed by atoms with Crippen LogP contribution in [0.25, 0.3) is 0 Å². The van der Waals surface area contributed by atoms with E-state index in [1.165, 1.54) is 0 Å². The Morgan fingerprint density at radius 2 is 2.19 bits per heavy atom. The van der Waals surface area contributed by atoms with E-state index in [9.17, 15) is 4.79 Å². The molecule has 90 valence electrons. The number of hydrogen-bond donors (Lipinski definition) is 0. The van der Waals surface area contributed by atoms with Gasteiger partial charge in [0.15, 0.2) is 5.78 Å². The number of carbonyl (C=O) groups is 1. The highest BCUT2D eigenvalue weighted by molar-refractivity contribution is 5.81. The molecular formula is C12H20N2O2. The van der Waals surface area contributed by atoms with Crippen LogP contribution in [-0.4, -0.2) is 28.8 Å². The number of nitrogens with zero attached hydrogens (tertiary/aromatic N) is 2. The van der Waals surface area contributed by atoms with Crippen LogP contribution >= 0.6 is 0 Å². The van der Waals surface area contributed by atoms with Gasteiger partial charge in [-0.3, -0.25) is 9.48 Å². The molecule has 0 N–H and O–H groups in total. The monoisotopic (exact) mass is 224 g/mol. The Bertz CT molecular complexity index is 345. The van der Waals surface area contributed by atoms with Crippen LogP contribution in [0.5, 0.6) is 0 Å². The van der Waals surface area contributed by atoms with Crippen molar-refractivity contribution in [2.24, 2.45) is 0 Å². The van der Waals surface area contributed by atoms with Crippen molar-refractivity contribution in [3.05, 3.63) is 17.5 Å². The third-order valence-electron chi connectivity index (χ3n) is 2.42. The highest BCUT2D eigenvalue weighted by atomic mass is 16.5. The fraction of sp³-hybridized carbons (Fsp3) is 0.667. The van der Waals surface area contributed by atoms with Crippen LogP contribution in [0, 0.1) is 0 Å². The lowest BCUT2D eigenvalue weighted by Gasteiger charge is -2.03. The summed E-state index contributed by atoms with van der Waals surface area (Å²) in [6.07, 6.45) is 1.32. The van der Waals surface area contributed by atoms with E-state index in [2.05, 4.69) is 12.0 Å². The molecule has 0 saturated carbocycles. The molecule has 1 rings (SSSR count). The van der Waals surface area contributed by atoms with Gasteiger partial charge in [-0.25, -0.2) is 0 Å². The second-order valence-corrected chi connectivity index (χ2v) is 3.65. The van der Waals surface area contributed by atoms with E-state index >= 15 is 0 Å². The number of rotatable bonds is 7. The maximum Gasteiger partial charge on any atom is 0.164 e. The Morgan fingerprint density at radius 3 is 2.75 bits per heavy atom. The predicted octanol–water partition coefficient (Wildman–Crippen LogP) is 1.61. The van der Waals surface area contributed by atoms with Crippen LogP contribution in [0.15, 0.2) is 6.07 Å². The molecule has 0 spiro atoms. The SMILES string of the molecule is CCOCC(=O)Cc1cc(CC)nn1CC. The lowest BCUT2D eigenvalue weighted by molar-refractivity contribution is -0.122. The molecule has 4 nitrogen and oxygen atoms in total. The van der Waals surface area contributed by atoms with Gasteiger partial charge in [0.2, 0.25) is 0 Å². The van der Waals surface area contributed by atoms with E-state index in [-0.39, 0.29) is 12.4 Å². The van der Waals surface area contributed by atoms with Crippen LogP contribution in [0.4, 0.5) is 0 Å². The van der Waals surface area contributed by atoms with E-state index in [4.69, 9.17) is 4.74 Å². The van der Waals surface area contributed by atoms with E-state index in [1.807, 2.05) is 24.6 Å². The molecule has 0 aliphatic heterocycles. The molecule has 0 fully saturated rings. The van der Waals surface area contributed by atoms with Gasteiger partial charge in [0.05, 0.1) is 12.1 Å². The standard InChI is InChI=1S/C12H20N2O2/c1-4-10-7-11(14(5-2)13-10)8-12(15)9-16-6-3/h7H,4-6,8-9H2,1-3H3. The molecule has 16 heavy (non-hydrogen) atoms. The van der Waals surface area contributed by atoms with Crippen molar-refractivity contribution in [1.82, 2.24) is 9.78 Å². The van der Waals surface area contributed by atoms with Crippen molar-refractivity contribution in [3.8, 4) is 0 Å². The van der Waals surface area contributed by atoms with E-state index in [0.29, 0.717) is 13.0 Å². The Balaban J connectivity index is 2.64. The molecule has 0 aliphatic carbocycles. The minimum absolute atomic E-state index is 0.110. The Hall–Kier alpha value is -1.16. The normalized spacial score (nSPS) is 10.7. The first kappa shape index (κ1) is 12.9. The molecule has 0 amide bonds. The number of Topliss-reactive ketones (excluding diaryl/α,β-unsaturated/α-hetero) is 1. The molecule has 0 aliphatic rings. The molecule has 0 atom stereocenters. The van der Waals surface area contributed by atoms with Crippen molar-refractivity contribution < 1.29 is 9.53 Å². The molecular weight excluding hydrogens is 204 g/mol. The Labute approximate surface area is 96.6 Å². The summed E-state index contributed by atoms with van der Waals surface area (Å²) in [6.45, 7) is 7.57. The zero-order valence-corrected chi connectivity index (χ0v) is 10.3. The predicted molar refractivity (Wildman–Crippen MR) is 62.5 cm³/mol. The maximum atomic E-state index is 11.6. The van der Waals surface area contributed by atoms with Gasteiger partial charge >= 0.3 is 0 Å². The molecule has 0 bridgehead atoms. The van der Waals surface area contributed by atoms with E-state index < -0.39 is 0 Å². The van der Waals surface area contributed by atoms with Gasteiger partial charge in [-0.2, -0.15) is 5.10 Å². The summed E-state index contributed by atoms with van der Waals surface area (Å²) >= 11 is 0. The number of ketones is 1. The quantitative estimate of drug-likeness (QED) is 0.707. The van der Waals surface area contributed by atoms with Gasteiger partial charge in [-0.05, 0) is 26.3 Å². The fourth-order valence-electron chi connectivity index (χ4n) is 1.57. The average Bonchev–Trinajstić information content (AvgIpc) is 2.68. The highest BCUT2D eigenvalue weighted by Crippen LogP contribution is 2.07. The van der Waals surface area contributed by atoms with Crippen LogP contribution < -0.4 is 0 Å². The number of aryl methyl sites for hydroxylation is 2. The minimum Gasteiger partial charge on any atom is -0.374 e. The molecule has 0 saturated heterocycles. The van der Waals surface area contributed by atoms with Gasteiger partial charge in [-0.1, -0.05) is 6.92 Å². The van der Waals surface area contributed by atoms with Crippen LogP contribution in [0.2, 0.25) is 0 Å². The lowest BCUT2D eigenvalue weighted by Crippen LogP contribution is -2.14. The van der Waals surface area contributed by atoms with Crippen molar-refractivity contribution >= 4 is 5.78 Å². The number of carbonyl (C=O) groups excluding carboxylic acids is 1. The second kappa shape index (κ2) is 6.43. The summed E-state index contributed by atoms with van der Waals surface area (Å²) < 4.78 is 6.99. The summed E-state index contributed by atoms with van der Waals surface area (Å²) in [4.78, 5) is 11.6. The van der Waals surface area contributed by atoms with Crippen molar-refractivity contribution in [3.63, 3.8) is 0 Å². The Morgan fingerprint density at radius 1 is 1.44 bits per heavy atom. The van der Waals surface area contributed by atoms with Crippen LogP contribution in [-0.2, 0) is 28.9 Å². The smallest absolute Gasteiger partial charge is 0.164 e. The topological polar surface area (TPSA) is 44.1 Å². The highest BCUT2D eigenvalue weighted by Gasteiger charge is 2.10. The zero-order valence-electron chi connectivity index (χ0n) is 10.3. The molecule has 0 radical (unpaired) electrons. The molecule has 4 heteroatoms. The van der Waals surface area contributed by atoms with Crippen LogP contribution in [0.3, 0.4) is 0 Å². The van der Waals surface area contributed by atoms with Crippen LogP contribution in [0.1, 0.15) is 32.2 Å². The van der Waals surface area contributed by atoms with E-state index in [0.717, 1.165) is 24.4 Å². The summed E-state index contributed by atoms with van der Waals surface area (Å²) in [6, 6.07) is 2.01. The fourth-order valence-corrected chi connectivity index (χ4v) is 1.57. The first-order valence-electron chi connectivity index (χ1n) is 5.86. The van der Waals surface area contributed by atoms with Gasteiger partial charge < -0.3 is 4.74 Å². The number of ether oxygens (including phenoxy) is 1. The summed E-state index contributed by atoms with van der Waals surface area (Å²) in [7, 11) is 0. The average molecular weight is 224 g/mol. The van der Waals surface area contributed by atoms with Crippen molar-refractivity contribution in [2.45, 2.75) is 40.2 Å². The third-order valence-corrected chi connectivity index (χ3v) is 2.42. The molecule has 0 unspecified atom stereocenters.